The van der Waals surface area contributed by atoms with Gasteiger partial charge in [-0.2, -0.15) is 5.10 Å². The first kappa shape index (κ1) is 18.7. The number of hydrogen-bond donors (Lipinski definition) is 3. The fourth-order valence-corrected chi connectivity index (χ4v) is 5.02. The van der Waals surface area contributed by atoms with Gasteiger partial charge in [0.1, 0.15) is 11.6 Å². The third kappa shape index (κ3) is 3.34. The summed E-state index contributed by atoms with van der Waals surface area (Å²) in [5.74, 6) is 1.64. The van der Waals surface area contributed by atoms with Crippen molar-refractivity contribution in [3.8, 4) is 11.4 Å². The molecule has 31 heavy (non-hydrogen) atoms. The fraction of sp³-hybridized carbons (Fsp3) is 0.333. The van der Waals surface area contributed by atoms with Crippen LogP contribution in [0.4, 0.5) is 4.39 Å². The first-order valence-corrected chi connectivity index (χ1v) is 10.9. The van der Waals surface area contributed by atoms with Crippen molar-refractivity contribution in [3.63, 3.8) is 0 Å². The van der Waals surface area contributed by atoms with Crippen LogP contribution in [0, 0.1) is 11.7 Å². The highest BCUT2D eigenvalue weighted by molar-refractivity contribution is 5.85. The highest BCUT2D eigenvalue weighted by Gasteiger charge is 2.36. The van der Waals surface area contributed by atoms with Gasteiger partial charge in [-0.1, -0.05) is 18.2 Å². The van der Waals surface area contributed by atoms with Crippen molar-refractivity contribution in [3.05, 3.63) is 71.4 Å². The van der Waals surface area contributed by atoms with E-state index in [9.17, 15) is 4.39 Å². The highest BCUT2D eigenvalue weighted by atomic mass is 19.1. The van der Waals surface area contributed by atoms with E-state index in [0.717, 1.165) is 43.9 Å². The molecule has 3 N–H and O–H groups in total. The van der Waals surface area contributed by atoms with E-state index in [4.69, 9.17) is 9.72 Å². The average molecular weight is 417 g/mol. The topological polar surface area (TPSA) is 78.6 Å². The lowest BCUT2D eigenvalue weighted by Gasteiger charge is -2.37. The Morgan fingerprint density at radius 1 is 1.00 bits per heavy atom. The molecule has 0 saturated carbocycles. The van der Waals surface area contributed by atoms with Gasteiger partial charge in [0.15, 0.2) is 5.82 Å². The maximum atomic E-state index is 13.3. The lowest BCUT2D eigenvalue weighted by molar-refractivity contribution is 0.0497. The molecule has 0 bridgehead atoms. The smallest absolute Gasteiger partial charge is 0.181 e. The lowest BCUT2D eigenvalue weighted by atomic mass is 9.83. The molecule has 2 aromatic carbocycles. The van der Waals surface area contributed by atoms with Crippen molar-refractivity contribution in [2.75, 3.05) is 13.2 Å². The molecule has 2 atom stereocenters. The maximum Gasteiger partial charge on any atom is 0.181 e. The predicted octanol–water partition coefficient (Wildman–Crippen LogP) is 4.45. The molecule has 2 aliphatic rings. The van der Waals surface area contributed by atoms with Crippen LogP contribution in [-0.2, 0) is 11.2 Å². The van der Waals surface area contributed by atoms with E-state index < -0.39 is 0 Å². The van der Waals surface area contributed by atoms with Crippen LogP contribution in [0.2, 0.25) is 0 Å². The van der Waals surface area contributed by atoms with Gasteiger partial charge in [-0.25, -0.2) is 9.37 Å². The number of halogens is 1. The van der Waals surface area contributed by atoms with Gasteiger partial charge in [0.05, 0.1) is 12.1 Å². The minimum absolute atomic E-state index is 0.0289. The zero-order valence-corrected chi connectivity index (χ0v) is 17.1. The molecule has 2 aromatic heterocycles. The molecule has 0 unspecified atom stereocenters. The number of rotatable bonds is 3. The van der Waals surface area contributed by atoms with E-state index in [0.29, 0.717) is 11.7 Å². The van der Waals surface area contributed by atoms with Gasteiger partial charge in [-0.15, -0.1) is 0 Å². The molecule has 1 saturated heterocycles. The van der Waals surface area contributed by atoms with E-state index in [1.54, 1.807) is 12.1 Å². The predicted molar refractivity (Wildman–Crippen MR) is 116 cm³/mol. The molecule has 0 radical (unpaired) electrons. The number of hydrogen-bond acceptors (Lipinski definition) is 4. The largest absolute Gasteiger partial charge is 0.381 e. The number of aromatic amines is 2. The number of nitrogens with one attached hydrogen (secondary N) is 3. The first-order chi connectivity index (χ1) is 15.3. The molecule has 6 nitrogen and oxygen atoms in total. The van der Waals surface area contributed by atoms with Crippen LogP contribution in [0.5, 0.6) is 0 Å². The minimum atomic E-state index is -0.264. The van der Waals surface area contributed by atoms with E-state index in [2.05, 4.69) is 44.8 Å². The van der Waals surface area contributed by atoms with Gasteiger partial charge in [-0.05, 0) is 61.1 Å². The Hall–Kier alpha value is -3.03. The molecule has 2 aliphatic heterocycles. The molecule has 4 heterocycles. The number of fused-ring (bicyclic) bond motifs is 3. The van der Waals surface area contributed by atoms with Crippen molar-refractivity contribution in [1.82, 2.24) is 25.5 Å². The van der Waals surface area contributed by atoms with Crippen LogP contribution in [-0.4, -0.2) is 33.4 Å². The summed E-state index contributed by atoms with van der Waals surface area (Å²) in [5, 5.41) is 12.7. The summed E-state index contributed by atoms with van der Waals surface area (Å²) in [6.45, 7) is 1.61. The summed E-state index contributed by atoms with van der Waals surface area (Å²) >= 11 is 0. The number of H-pyrrole nitrogens is 2. The lowest BCUT2D eigenvalue weighted by Crippen LogP contribution is -2.39. The first-order valence-electron chi connectivity index (χ1n) is 10.9. The molecule has 0 amide bonds. The highest BCUT2D eigenvalue weighted by Crippen LogP contribution is 2.41. The summed E-state index contributed by atoms with van der Waals surface area (Å²) in [5.41, 5.74) is 4.63. The van der Waals surface area contributed by atoms with Crippen molar-refractivity contribution >= 4 is 10.9 Å². The second-order valence-electron chi connectivity index (χ2n) is 8.46. The molecular formula is C24H24FN5O. The van der Waals surface area contributed by atoms with Gasteiger partial charge in [0, 0.05) is 35.4 Å². The second-order valence-corrected chi connectivity index (χ2v) is 8.46. The van der Waals surface area contributed by atoms with Gasteiger partial charge in [0.25, 0.3) is 0 Å². The fourth-order valence-electron chi connectivity index (χ4n) is 5.02. The summed E-state index contributed by atoms with van der Waals surface area (Å²) in [7, 11) is 0. The molecule has 0 aliphatic carbocycles. The minimum Gasteiger partial charge on any atom is -0.381 e. The normalized spacial score (nSPS) is 22.0. The Bertz CT molecular complexity index is 1210. The molecule has 158 valence electrons. The van der Waals surface area contributed by atoms with E-state index >= 15 is 0 Å². The zero-order chi connectivity index (χ0) is 20.8. The van der Waals surface area contributed by atoms with E-state index in [1.807, 2.05) is 0 Å². The Kier molecular flexibility index (Phi) is 4.58. The van der Waals surface area contributed by atoms with Crippen molar-refractivity contribution in [1.29, 1.82) is 0 Å². The Morgan fingerprint density at radius 3 is 2.65 bits per heavy atom. The Morgan fingerprint density at radius 2 is 1.81 bits per heavy atom. The van der Waals surface area contributed by atoms with Crippen molar-refractivity contribution in [2.45, 2.75) is 31.3 Å². The molecule has 7 heteroatoms. The van der Waals surface area contributed by atoms with Crippen LogP contribution in [0.1, 0.15) is 42.0 Å². The standard InChI is InChI=1S/C24H24FN5O/c25-16-7-5-15(6-8-16)23-28-24(30-29-23)20-13-18-17-3-1-2-4-19(17)26-22(18)21(27-20)14-9-11-31-12-10-14/h1-8,14,20-21,26-27H,9-13H2,(H,28,29,30)/t20-,21-/m1/s1. The summed E-state index contributed by atoms with van der Waals surface area (Å²) in [4.78, 5) is 8.45. The number of ether oxygens (including phenoxy) is 1. The molecule has 0 spiro atoms. The molecular weight excluding hydrogens is 393 g/mol. The van der Waals surface area contributed by atoms with Gasteiger partial charge in [-0.3, -0.25) is 10.4 Å². The number of benzene rings is 2. The van der Waals surface area contributed by atoms with Crippen LogP contribution < -0.4 is 5.32 Å². The monoisotopic (exact) mass is 417 g/mol. The van der Waals surface area contributed by atoms with Gasteiger partial charge >= 0.3 is 0 Å². The van der Waals surface area contributed by atoms with Crippen LogP contribution in [0.25, 0.3) is 22.3 Å². The number of aromatic nitrogens is 4. The molecule has 4 aromatic rings. The number of nitrogens with zero attached hydrogens (tertiary/aromatic N) is 2. The maximum absolute atomic E-state index is 13.3. The molecule has 1 fully saturated rings. The second kappa shape index (κ2) is 7.59. The summed E-state index contributed by atoms with van der Waals surface area (Å²) < 4.78 is 18.9. The van der Waals surface area contributed by atoms with E-state index in [-0.39, 0.29) is 17.9 Å². The summed E-state index contributed by atoms with van der Waals surface area (Å²) in [6.07, 6.45) is 2.91. The Balaban J connectivity index is 1.38. The van der Waals surface area contributed by atoms with Crippen LogP contribution >= 0.6 is 0 Å². The zero-order valence-electron chi connectivity index (χ0n) is 17.1. The van der Waals surface area contributed by atoms with Crippen LogP contribution in [0.3, 0.4) is 0 Å². The average Bonchev–Trinajstić information content (AvgIpc) is 3.45. The van der Waals surface area contributed by atoms with E-state index in [1.165, 1.54) is 34.3 Å². The van der Waals surface area contributed by atoms with Gasteiger partial charge in [0.2, 0.25) is 0 Å². The van der Waals surface area contributed by atoms with Crippen molar-refractivity contribution in [2.24, 2.45) is 5.92 Å². The molecule has 6 rings (SSSR count). The SMILES string of the molecule is Fc1ccc(-c2n[nH]c([C@H]3Cc4c([nH]c5ccccc45)[C@@H](C4CCOCC4)N3)n2)cc1. The quantitative estimate of drug-likeness (QED) is 0.460. The van der Waals surface area contributed by atoms with Gasteiger partial charge < -0.3 is 9.72 Å². The van der Waals surface area contributed by atoms with Crippen molar-refractivity contribution < 1.29 is 9.13 Å². The summed E-state index contributed by atoms with van der Waals surface area (Å²) in [6, 6.07) is 15.0. The Labute approximate surface area is 179 Å². The number of para-hydroxylation sites is 1. The van der Waals surface area contributed by atoms with Crippen LogP contribution in [0.15, 0.2) is 48.5 Å². The third-order valence-corrected chi connectivity index (χ3v) is 6.62. The third-order valence-electron chi connectivity index (χ3n) is 6.62.